The molecule has 0 radical (unpaired) electrons. The van der Waals surface area contributed by atoms with E-state index in [1.807, 2.05) is 39.0 Å². The summed E-state index contributed by atoms with van der Waals surface area (Å²) in [5, 5.41) is 0. The van der Waals surface area contributed by atoms with Gasteiger partial charge in [0.05, 0.1) is 25.3 Å². The fourth-order valence-corrected chi connectivity index (χ4v) is 6.36. The lowest BCUT2D eigenvalue weighted by Gasteiger charge is -2.35. The van der Waals surface area contributed by atoms with E-state index in [1.54, 1.807) is 24.4 Å². The number of ether oxygens (including phenoxy) is 2. The van der Waals surface area contributed by atoms with Crippen molar-refractivity contribution in [3.63, 3.8) is 0 Å². The van der Waals surface area contributed by atoms with Gasteiger partial charge in [0, 0.05) is 47.4 Å². The third kappa shape index (κ3) is 5.24. The Bertz CT molecular complexity index is 1460. The summed E-state index contributed by atoms with van der Waals surface area (Å²) in [4.78, 5) is 38.1. The molecule has 3 heterocycles. The molecule has 0 unspecified atom stereocenters. The highest BCUT2D eigenvalue weighted by Crippen LogP contribution is 2.48. The van der Waals surface area contributed by atoms with Gasteiger partial charge in [-0.15, -0.1) is 0 Å². The zero-order valence-electron chi connectivity index (χ0n) is 24.5. The van der Waals surface area contributed by atoms with Crippen LogP contribution in [0, 0.1) is 20.8 Å². The van der Waals surface area contributed by atoms with Crippen LogP contribution in [0.3, 0.4) is 0 Å². The second kappa shape index (κ2) is 11.5. The summed E-state index contributed by atoms with van der Waals surface area (Å²) in [6.45, 7) is 6.53. The smallest absolute Gasteiger partial charge is 0.254 e. The molecule has 2 aromatic heterocycles. The molecule has 1 aromatic carbocycles. The normalized spacial score (nSPS) is 19.1. The van der Waals surface area contributed by atoms with E-state index in [9.17, 15) is 9.59 Å². The number of aromatic nitrogens is 2. The molecule has 8 heteroatoms. The Kier molecular flexibility index (Phi) is 7.99. The first kappa shape index (κ1) is 27.9. The Morgan fingerprint density at radius 1 is 1.02 bits per heavy atom. The Morgan fingerprint density at radius 2 is 1.73 bits per heavy atom. The number of carbonyl (C=O) groups is 1. The zero-order chi connectivity index (χ0) is 28.6. The van der Waals surface area contributed by atoms with Crippen LogP contribution < -0.4 is 15.0 Å². The molecular formula is C32H40N4O4. The maximum absolute atomic E-state index is 14.2. The maximum atomic E-state index is 14.2. The summed E-state index contributed by atoms with van der Waals surface area (Å²) in [7, 11) is 5.94. The predicted octanol–water partition coefficient (Wildman–Crippen LogP) is 4.82. The standard InChI is InChI=1S/C32H40N4O4/c1-19-17-20(2)34-31(37)26(19)18-36-16-13-25-27(32(36)38)21(3)29(40-24-9-7-23(8-10-24)35(4)5)30(39-6)28(25)22-11-14-33-15-12-22/h11-12,14-15,17,23-24H,7-10,13,16,18H2,1-6H3,(H,34,37). The highest BCUT2D eigenvalue weighted by molar-refractivity contribution is 6.02. The molecule has 3 aromatic rings. The fourth-order valence-electron chi connectivity index (χ4n) is 6.36. The number of nitrogens with one attached hydrogen (secondary N) is 1. The van der Waals surface area contributed by atoms with Gasteiger partial charge in [0.15, 0.2) is 11.5 Å². The number of carbonyl (C=O) groups excluding carboxylic acids is 1. The molecule has 0 spiro atoms. The second-order valence-corrected chi connectivity index (χ2v) is 11.4. The van der Waals surface area contributed by atoms with Crippen LogP contribution in [0.25, 0.3) is 11.1 Å². The molecule has 1 aliphatic carbocycles. The number of hydrogen-bond donors (Lipinski definition) is 1. The minimum absolute atomic E-state index is 0.0516. The molecule has 0 saturated heterocycles. The van der Waals surface area contributed by atoms with Crippen molar-refractivity contribution >= 4 is 5.91 Å². The molecule has 1 amide bonds. The molecule has 2 aliphatic rings. The predicted molar refractivity (Wildman–Crippen MR) is 156 cm³/mol. The summed E-state index contributed by atoms with van der Waals surface area (Å²) in [5.74, 6) is 1.22. The van der Waals surface area contributed by atoms with E-state index < -0.39 is 0 Å². The van der Waals surface area contributed by atoms with Crippen molar-refractivity contribution in [2.45, 2.75) is 71.6 Å². The number of benzene rings is 1. The number of aryl methyl sites for hydroxylation is 2. The molecular weight excluding hydrogens is 504 g/mol. The molecule has 0 atom stereocenters. The Labute approximate surface area is 236 Å². The number of nitrogens with zero attached hydrogens (tertiary/aromatic N) is 3. The highest BCUT2D eigenvalue weighted by atomic mass is 16.5. The number of hydrogen-bond acceptors (Lipinski definition) is 6. The zero-order valence-corrected chi connectivity index (χ0v) is 24.5. The van der Waals surface area contributed by atoms with Crippen LogP contribution in [0.15, 0.2) is 35.4 Å². The Balaban J connectivity index is 1.58. The van der Waals surface area contributed by atoms with E-state index in [1.165, 1.54) is 0 Å². The van der Waals surface area contributed by atoms with Crippen molar-refractivity contribution in [1.82, 2.24) is 19.8 Å². The van der Waals surface area contributed by atoms with Gasteiger partial charge in [0.2, 0.25) is 0 Å². The maximum Gasteiger partial charge on any atom is 0.254 e. The van der Waals surface area contributed by atoms with Gasteiger partial charge in [-0.25, -0.2) is 0 Å². The number of pyridine rings is 2. The van der Waals surface area contributed by atoms with Gasteiger partial charge < -0.3 is 24.3 Å². The summed E-state index contributed by atoms with van der Waals surface area (Å²) in [6.07, 6.45) is 8.24. The summed E-state index contributed by atoms with van der Waals surface area (Å²) in [5.41, 5.74) is 6.42. The monoisotopic (exact) mass is 544 g/mol. The van der Waals surface area contributed by atoms with Gasteiger partial charge in [0.1, 0.15) is 0 Å². The van der Waals surface area contributed by atoms with Crippen molar-refractivity contribution in [2.75, 3.05) is 27.7 Å². The van der Waals surface area contributed by atoms with E-state index >= 15 is 0 Å². The molecule has 1 fully saturated rings. The average Bonchev–Trinajstić information content (AvgIpc) is 2.93. The third-order valence-corrected chi connectivity index (χ3v) is 8.56. The van der Waals surface area contributed by atoms with Gasteiger partial charge in [-0.1, -0.05) is 0 Å². The van der Waals surface area contributed by atoms with E-state index in [0.29, 0.717) is 41.6 Å². The molecule has 1 saturated carbocycles. The van der Waals surface area contributed by atoms with Crippen LogP contribution in [0.2, 0.25) is 0 Å². The molecule has 5 rings (SSSR count). The lowest BCUT2D eigenvalue weighted by atomic mass is 9.85. The summed E-state index contributed by atoms with van der Waals surface area (Å²) in [6, 6.07) is 6.41. The number of aromatic amines is 1. The topological polar surface area (TPSA) is 87.8 Å². The number of methoxy groups -OCH3 is 1. The molecule has 212 valence electrons. The van der Waals surface area contributed by atoms with E-state index in [2.05, 4.69) is 29.0 Å². The minimum Gasteiger partial charge on any atom is -0.492 e. The third-order valence-electron chi connectivity index (χ3n) is 8.56. The quantitative estimate of drug-likeness (QED) is 0.459. The van der Waals surface area contributed by atoms with Crippen molar-refractivity contribution in [1.29, 1.82) is 0 Å². The first-order chi connectivity index (χ1) is 19.2. The average molecular weight is 545 g/mol. The van der Waals surface area contributed by atoms with Gasteiger partial charge >= 0.3 is 0 Å². The summed E-state index contributed by atoms with van der Waals surface area (Å²) >= 11 is 0. The van der Waals surface area contributed by atoms with Crippen LogP contribution >= 0.6 is 0 Å². The SMILES string of the molecule is COc1c(OC2CCC(N(C)C)CC2)c(C)c2c(c1-c1ccncc1)CCN(Cc1c(C)cc(C)[nH]c1=O)C2=O. The number of fused-ring (bicyclic) bond motifs is 1. The second-order valence-electron chi connectivity index (χ2n) is 11.4. The summed E-state index contributed by atoms with van der Waals surface area (Å²) < 4.78 is 12.8. The molecule has 0 bridgehead atoms. The van der Waals surface area contributed by atoms with Gasteiger partial charge in [0.25, 0.3) is 11.5 Å². The molecule has 1 aliphatic heterocycles. The van der Waals surface area contributed by atoms with Crippen LogP contribution in [0.5, 0.6) is 11.5 Å². The van der Waals surface area contributed by atoms with Crippen LogP contribution in [0.4, 0.5) is 0 Å². The molecule has 1 N–H and O–H groups in total. The number of rotatable bonds is 7. The fraction of sp³-hybridized carbons (Fsp3) is 0.469. The van der Waals surface area contributed by atoms with Gasteiger partial charge in [-0.05, 0) is 102 Å². The molecule has 40 heavy (non-hydrogen) atoms. The Morgan fingerprint density at radius 3 is 2.35 bits per heavy atom. The Hall–Kier alpha value is -3.65. The van der Waals surface area contributed by atoms with Crippen molar-refractivity contribution in [3.8, 4) is 22.6 Å². The van der Waals surface area contributed by atoms with Crippen LogP contribution in [0.1, 0.15) is 64.0 Å². The van der Waals surface area contributed by atoms with Gasteiger partial charge in [-0.3, -0.25) is 14.6 Å². The van der Waals surface area contributed by atoms with E-state index in [4.69, 9.17) is 9.47 Å². The van der Waals surface area contributed by atoms with Crippen LogP contribution in [-0.4, -0.2) is 65.6 Å². The lowest BCUT2D eigenvalue weighted by Crippen LogP contribution is -2.40. The van der Waals surface area contributed by atoms with Crippen molar-refractivity contribution < 1.29 is 14.3 Å². The van der Waals surface area contributed by atoms with Crippen molar-refractivity contribution in [2.24, 2.45) is 0 Å². The first-order valence-electron chi connectivity index (χ1n) is 14.1. The largest absolute Gasteiger partial charge is 0.492 e. The molecule has 8 nitrogen and oxygen atoms in total. The number of H-pyrrole nitrogens is 1. The first-order valence-corrected chi connectivity index (χ1v) is 14.1. The number of amides is 1. The van der Waals surface area contributed by atoms with E-state index in [0.717, 1.165) is 59.2 Å². The van der Waals surface area contributed by atoms with E-state index in [-0.39, 0.29) is 24.1 Å². The van der Waals surface area contributed by atoms with Gasteiger partial charge in [-0.2, -0.15) is 0 Å². The minimum atomic E-state index is -0.141. The van der Waals surface area contributed by atoms with Crippen LogP contribution in [-0.2, 0) is 13.0 Å². The van der Waals surface area contributed by atoms with Crippen molar-refractivity contribution in [3.05, 3.63) is 74.5 Å². The highest BCUT2D eigenvalue weighted by Gasteiger charge is 2.35. The lowest BCUT2D eigenvalue weighted by molar-refractivity contribution is 0.0722.